The van der Waals surface area contributed by atoms with E-state index in [9.17, 15) is 18.0 Å². The Hall–Kier alpha value is -4.34. The number of piperazine rings is 1. The van der Waals surface area contributed by atoms with Gasteiger partial charge in [-0.2, -0.15) is 18.3 Å². The van der Waals surface area contributed by atoms with Crippen LogP contribution in [0.4, 0.5) is 18.9 Å². The van der Waals surface area contributed by atoms with E-state index in [4.69, 9.17) is 0 Å². The molecule has 0 radical (unpaired) electrons. The Bertz CT molecular complexity index is 1580. The van der Waals surface area contributed by atoms with Crippen LogP contribution >= 0.6 is 0 Å². The molecule has 0 spiro atoms. The molecule has 1 saturated heterocycles. The van der Waals surface area contributed by atoms with Crippen LogP contribution in [0.25, 0.3) is 11.0 Å². The number of carbonyl (C=O) groups excluding carboxylic acids is 1. The van der Waals surface area contributed by atoms with Gasteiger partial charge in [0.05, 0.1) is 16.5 Å². The number of nitrogens with one attached hydrogen (secondary N) is 1. The normalized spacial score (nSPS) is 14.7. The SMILES string of the molecule is CN1CCN(Cc2ccc(NC(=O)c3cncc(C#Cc4nn(C)c5ncncc45)c3)cc2C(F)(F)F)CC1. The van der Waals surface area contributed by atoms with Gasteiger partial charge in [-0.1, -0.05) is 12.0 Å². The van der Waals surface area contributed by atoms with E-state index in [0.717, 1.165) is 19.2 Å². The molecule has 0 unspecified atom stereocenters. The Morgan fingerprint density at radius 2 is 1.82 bits per heavy atom. The molecule has 1 aliphatic heterocycles. The Morgan fingerprint density at radius 1 is 1.03 bits per heavy atom. The molecule has 1 amide bonds. The van der Waals surface area contributed by atoms with Gasteiger partial charge in [0, 0.05) is 69.6 Å². The molecule has 12 heteroatoms. The standard InChI is InChI=1S/C27H25F3N8O/c1-36-7-9-38(10-8-36)16-19-4-5-21(12-23(19)27(28,29)30)34-26(39)20-11-18(13-31-14-20)3-6-24-22-15-32-17-33-25(22)37(2)35-24/h4-5,11-15,17H,7-10,16H2,1-2H3,(H,34,39). The molecule has 5 rings (SSSR count). The van der Waals surface area contributed by atoms with Crippen LogP contribution in [0.1, 0.15) is 32.7 Å². The van der Waals surface area contributed by atoms with E-state index < -0.39 is 17.6 Å². The maximum absolute atomic E-state index is 13.9. The van der Waals surface area contributed by atoms with Gasteiger partial charge in [-0.05, 0) is 36.7 Å². The second-order valence-electron chi connectivity index (χ2n) is 9.35. The average Bonchev–Trinajstić information content (AvgIpc) is 3.24. The van der Waals surface area contributed by atoms with E-state index >= 15 is 0 Å². The molecule has 3 aromatic heterocycles. The summed E-state index contributed by atoms with van der Waals surface area (Å²) in [7, 11) is 3.74. The highest BCUT2D eigenvalue weighted by Crippen LogP contribution is 2.34. The van der Waals surface area contributed by atoms with Gasteiger partial charge in [-0.15, -0.1) is 0 Å². The third-order valence-electron chi connectivity index (χ3n) is 6.49. The number of likely N-dealkylation sites (N-methyl/N-ethyl adjacent to an activating group) is 1. The smallest absolute Gasteiger partial charge is 0.322 e. The lowest BCUT2D eigenvalue weighted by Crippen LogP contribution is -2.44. The molecule has 0 atom stereocenters. The summed E-state index contributed by atoms with van der Waals surface area (Å²) in [4.78, 5) is 29.3. The zero-order valence-electron chi connectivity index (χ0n) is 21.3. The summed E-state index contributed by atoms with van der Waals surface area (Å²) in [5.41, 5.74) is 1.17. The lowest BCUT2D eigenvalue weighted by molar-refractivity contribution is -0.138. The van der Waals surface area contributed by atoms with Crippen molar-refractivity contribution < 1.29 is 18.0 Å². The monoisotopic (exact) mass is 534 g/mol. The molecule has 0 bridgehead atoms. The second kappa shape index (κ2) is 10.8. The van der Waals surface area contributed by atoms with Crippen molar-refractivity contribution in [1.29, 1.82) is 0 Å². The molecule has 1 aliphatic rings. The Kier molecular flexibility index (Phi) is 7.28. The first-order chi connectivity index (χ1) is 18.7. The van der Waals surface area contributed by atoms with Crippen LogP contribution in [-0.4, -0.2) is 73.7 Å². The van der Waals surface area contributed by atoms with Crippen LogP contribution in [0.15, 0.2) is 49.2 Å². The van der Waals surface area contributed by atoms with Gasteiger partial charge in [0.25, 0.3) is 5.91 Å². The predicted molar refractivity (Wildman–Crippen MR) is 139 cm³/mol. The van der Waals surface area contributed by atoms with E-state index in [1.54, 1.807) is 17.9 Å². The molecule has 1 aromatic carbocycles. The van der Waals surface area contributed by atoms with Crippen molar-refractivity contribution in [3.05, 3.63) is 77.1 Å². The lowest BCUT2D eigenvalue weighted by atomic mass is 10.0. The van der Waals surface area contributed by atoms with Gasteiger partial charge in [-0.3, -0.25) is 14.7 Å². The van der Waals surface area contributed by atoms with Crippen LogP contribution in [0.5, 0.6) is 0 Å². The van der Waals surface area contributed by atoms with Crippen molar-refractivity contribution in [1.82, 2.24) is 34.5 Å². The van der Waals surface area contributed by atoms with E-state index in [-0.39, 0.29) is 23.4 Å². The third kappa shape index (κ3) is 6.05. The fraction of sp³-hybridized carbons (Fsp3) is 0.296. The molecular formula is C27H25F3N8O. The second-order valence-corrected chi connectivity index (χ2v) is 9.35. The Balaban J connectivity index is 1.33. The van der Waals surface area contributed by atoms with Crippen molar-refractivity contribution in [3.63, 3.8) is 0 Å². The maximum Gasteiger partial charge on any atom is 0.416 e. The summed E-state index contributed by atoms with van der Waals surface area (Å²) in [5, 5.41) is 7.58. The summed E-state index contributed by atoms with van der Waals surface area (Å²) < 4.78 is 43.3. The van der Waals surface area contributed by atoms with E-state index in [1.807, 2.05) is 11.9 Å². The van der Waals surface area contributed by atoms with Crippen molar-refractivity contribution in [2.45, 2.75) is 12.7 Å². The third-order valence-corrected chi connectivity index (χ3v) is 6.49. The average molecular weight is 535 g/mol. The van der Waals surface area contributed by atoms with Gasteiger partial charge in [0.1, 0.15) is 12.0 Å². The number of pyridine rings is 1. The summed E-state index contributed by atoms with van der Waals surface area (Å²) in [6, 6.07) is 5.42. The number of fused-ring (bicyclic) bond motifs is 1. The number of hydrogen-bond donors (Lipinski definition) is 1. The van der Waals surface area contributed by atoms with Gasteiger partial charge in [0.2, 0.25) is 0 Å². The van der Waals surface area contributed by atoms with Crippen LogP contribution in [0, 0.1) is 11.8 Å². The summed E-state index contributed by atoms with van der Waals surface area (Å²) in [6.07, 6.45) is 1.30. The number of hydrogen-bond acceptors (Lipinski definition) is 7. The first kappa shape index (κ1) is 26.3. The van der Waals surface area contributed by atoms with E-state index in [1.165, 1.54) is 36.9 Å². The van der Waals surface area contributed by atoms with Crippen molar-refractivity contribution in [3.8, 4) is 11.8 Å². The molecule has 0 saturated carbocycles. The van der Waals surface area contributed by atoms with Crippen LogP contribution in [-0.2, 0) is 19.8 Å². The molecule has 4 heterocycles. The minimum absolute atomic E-state index is 0.0471. The number of halogens is 3. The number of aryl methyl sites for hydroxylation is 1. The number of rotatable bonds is 4. The molecular weight excluding hydrogens is 509 g/mol. The van der Waals surface area contributed by atoms with Gasteiger partial charge in [0.15, 0.2) is 5.65 Å². The minimum atomic E-state index is -4.56. The van der Waals surface area contributed by atoms with Gasteiger partial charge < -0.3 is 10.2 Å². The number of benzene rings is 1. The molecule has 200 valence electrons. The molecule has 1 fully saturated rings. The van der Waals surface area contributed by atoms with Crippen molar-refractivity contribution in [2.24, 2.45) is 7.05 Å². The number of carbonyl (C=O) groups is 1. The topological polar surface area (TPSA) is 92.1 Å². The lowest BCUT2D eigenvalue weighted by Gasteiger charge is -2.33. The summed E-state index contributed by atoms with van der Waals surface area (Å²) in [6.45, 7) is 3.20. The quantitative estimate of drug-likeness (QED) is 0.402. The highest BCUT2D eigenvalue weighted by atomic mass is 19.4. The molecule has 9 nitrogen and oxygen atoms in total. The highest BCUT2D eigenvalue weighted by Gasteiger charge is 2.34. The summed E-state index contributed by atoms with van der Waals surface area (Å²) >= 11 is 0. The zero-order chi connectivity index (χ0) is 27.6. The number of nitrogens with zero attached hydrogens (tertiary/aromatic N) is 7. The van der Waals surface area contributed by atoms with E-state index in [0.29, 0.717) is 35.4 Å². The first-order valence-corrected chi connectivity index (χ1v) is 12.2. The van der Waals surface area contributed by atoms with Crippen LogP contribution in [0.3, 0.4) is 0 Å². The first-order valence-electron chi connectivity index (χ1n) is 12.2. The summed E-state index contributed by atoms with van der Waals surface area (Å²) in [5.74, 6) is 5.27. The maximum atomic E-state index is 13.9. The van der Waals surface area contributed by atoms with Gasteiger partial charge in [-0.25, -0.2) is 14.6 Å². The van der Waals surface area contributed by atoms with Crippen molar-refractivity contribution >= 4 is 22.6 Å². The molecule has 1 N–H and O–H groups in total. The van der Waals surface area contributed by atoms with Gasteiger partial charge >= 0.3 is 6.18 Å². The number of amides is 1. The largest absolute Gasteiger partial charge is 0.416 e. The fourth-order valence-electron chi connectivity index (χ4n) is 4.36. The number of anilines is 1. The Labute approximate surface area is 222 Å². The zero-order valence-corrected chi connectivity index (χ0v) is 21.3. The molecule has 4 aromatic rings. The fourth-order valence-corrected chi connectivity index (χ4v) is 4.36. The highest BCUT2D eigenvalue weighted by molar-refractivity contribution is 6.04. The van der Waals surface area contributed by atoms with Crippen LogP contribution < -0.4 is 5.32 Å². The number of alkyl halides is 3. The molecule has 39 heavy (non-hydrogen) atoms. The van der Waals surface area contributed by atoms with E-state index in [2.05, 4.69) is 42.1 Å². The van der Waals surface area contributed by atoms with Crippen molar-refractivity contribution in [2.75, 3.05) is 38.5 Å². The predicted octanol–water partition coefficient (Wildman–Crippen LogP) is 3.18. The van der Waals surface area contributed by atoms with Crippen LogP contribution in [0.2, 0.25) is 0 Å². The Morgan fingerprint density at radius 3 is 2.59 bits per heavy atom. The minimum Gasteiger partial charge on any atom is -0.322 e. The molecule has 0 aliphatic carbocycles. The number of aromatic nitrogens is 5.